The molecule has 0 heterocycles. The molecule has 0 aliphatic rings. The number of rotatable bonds is 3. The van der Waals surface area contributed by atoms with Crippen molar-refractivity contribution in [3.05, 3.63) is 65.8 Å². The first-order chi connectivity index (χ1) is 8.56. The van der Waals surface area contributed by atoms with Crippen molar-refractivity contribution < 1.29 is 17.7 Å². The van der Waals surface area contributed by atoms with Gasteiger partial charge in [0.1, 0.15) is 0 Å². The Morgan fingerprint density at radius 2 is 1.06 bits per heavy atom. The molecule has 4 nitrogen and oxygen atoms in total. The molecule has 0 rings (SSSR count). The Morgan fingerprint density at radius 3 is 1.11 bits per heavy atom. The number of hydrogen-bond donors (Lipinski definition) is 1. The van der Waals surface area contributed by atoms with Crippen molar-refractivity contribution in [1.29, 1.82) is 0 Å². The Labute approximate surface area is 113 Å². The largest absolute Gasteiger partial charge is 0.394 e. The lowest BCUT2D eigenvalue weighted by atomic mass is 10.8. The highest BCUT2D eigenvalue weighted by Gasteiger charge is 1.97. The van der Waals surface area contributed by atoms with Crippen molar-refractivity contribution in [1.82, 2.24) is 0 Å². The summed E-state index contributed by atoms with van der Waals surface area (Å²) in [6.07, 6.45) is 0.933. The molecule has 0 amide bonds. The third-order valence-electron chi connectivity index (χ3n) is 0.389. The molecule has 110 valence electrons. The van der Waals surface area contributed by atoms with E-state index < -0.39 is 10.1 Å². The summed E-state index contributed by atoms with van der Waals surface area (Å²) < 4.78 is 24.2. The lowest BCUT2D eigenvalue weighted by molar-refractivity contribution is 0.206. The second-order valence-electron chi connectivity index (χ2n) is 1.25. The molecule has 0 aromatic heterocycles. The first-order valence-electron chi connectivity index (χ1n) is 4.51. The van der Waals surface area contributed by atoms with E-state index in [-0.39, 0.29) is 13.2 Å². The Kier molecular flexibility index (Phi) is 115. The van der Waals surface area contributed by atoms with Crippen LogP contribution in [0.25, 0.3) is 0 Å². The summed E-state index contributed by atoms with van der Waals surface area (Å²) in [7, 11) is -3.35. The smallest absolute Gasteiger partial charge is 0.264 e. The normalized spacial score (nSPS) is 6.33. The third-order valence-corrected chi connectivity index (χ3v) is 0.984. The number of aliphatic hydroxyl groups excluding tert-OH is 1. The zero-order valence-corrected chi connectivity index (χ0v) is 12.4. The van der Waals surface area contributed by atoms with Gasteiger partial charge < -0.3 is 5.11 Å². The summed E-state index contributed by atoms with van der Waals surface area (Å²) in [5.74, 6) is 0. The van der Waals surface area contributed by atoms with E-state index in [2.05, 4.69) is 70.0 Å². The molecule has 18 heavy (non-hydrogen) atoms. The lowest BCUT2D eigenvalue weighted by Crippen LogP contribution is -2.06. The van der Waals surface area contributed by atoms with Gasteiger partial charge >= 0.3 is 0 Å². The minimum absolute atomic E-state index is 0.154. The Balaban J connectivity index is -0.0000000304. The van der Waals surface area contributed by atoms with Crippen LogP contribution in [0.3, 0.4) is 0 Å². The number of aliphatic hydroxyl groups is 1. The van der Waals surface area contributed by atoms with E-state index in [0.29, 0.717) is 0 Å². The van der Waals surface area contributed by atoms with Gasteiger partial charge in [0.15, 0.2) is 0 Å². The Morgan fingerprint density at radius 1 is 0.833 bits per heavy atom. The van der Waals surface area contributed by atoms with E-state index in [9.17, 15) is 8.42 Å². The summed E-state index contributed by atoms with van der Waals surface area (Å²) in [6, 6.07) is 0. The van der Waals surface area contributed by atoms with Gasteiger partial charge in [-0.3, -0.25) is 4.18 Å². The molecule has 0 saturated heterocycles. The SMILES string of the molecule is C=C.C=C.C=C.C=C.C=C.CS(=O)(=O)OCCO. The summed E-state index contributed by atoms with van der Waals surface area (Å²) in [5, 5.41) is 8.04. The van der Waals surface area contributed by atoms with E-state index >= 15 is 0 Å². The van der Waals surface area contributed by atoms with E-state index in [1.807, 2.05) is 0 Å². The van der Waals surface area contributed by atoms with Crippen molar-refractivity contribution in [3.63, 3.8) is 0 Å². The van der Waals surface area contributed by atoms with Crippen LogP contribution in [0.5, 0.6) is 0 Å². The van der Waals surface area contributed by atoms with Crippen molar-refractivity contribution >= 4 is 10.1 Å². The molecule has 0 saturated carbocycles. The third kappa shape index (κ3) is 211. The molecule has 0 spiro atoms. The fourth-order valence-corrected chi connectivity index (χ4v) is 0.566. The molecule has 0 aromatic carbocycles. The van der Waals surface area contributed by atoms with Crippen molar-refractivity contribution in [3.8, 4) is 0 Å². The minimum Gasteiger partial charge on any atom is -0.394 e. The molecule has 0 radical (unpaired) electrons. The van der Waals surface area contributed by atoms with Gasteiger partial charge in [0, 0.05) is 0 Å². The molecular weight excluding hydrogens is 252 g/mol. The number of hydrogen-bond acceptors (Lipinski definition) is 4. The van der Waals surface area contributed by atoms with Crippen LogP contribution >= 0.6 is 0 Å². The summed E-state index contributed by atoms with van der Waals surface area (Å²) in [6.45, 7) is 29.6. The fraction of sp³-hybridized carbons (Fsp3) is 0.231. The fourth-order valence-electron chi connectivity index (χ4n) is 0.189. The van der Waals surface area contributed by atoms with Gasteiger partial charge in [-0.1, -0.05) is 0 Å². The highest BCUT2D eigenvalue weighted by molar-refractivity contribution is 7.85. The zero-order chi connectivity index (χ0) is 16.6. The molecule has 0 bridgehead atoms. The van der Waals surface area contributed by atoms with Crippen LogP contribution in [-0.4, -0.2) is 33.0 Å². The first kappa shape index (κ1) is 36.0. The minimum atomic E-state index is -3.35. The molecule has 0 aliphatic heterocycles. The Hall–Kier alpha value is -1.43. The average Bonchev–Trinajstić information content (AvgIpc) is 2.47. The van der Waals surface area contributed by atoms with Gasteiger partial charge in [-0.2, -0.15) is 8.42 Å². The molecular formula is C13H28O4S. The van der Waals surface area contributed by atoms with Crippen LogP contribution in [0.4, 0.5) is 0 Å². The maximum Gasteiger partial charge on any atom is 0.264 e. The topological polar surface area (TPSA) is 63.6 Å². The molecule has 5 heteroatoms. The summed E-state index contributed by atoms with van der Waals surface area (Å²) in [5.41, 5.74) is 0. The maximum atomic E-state index is 10.1. The Bertz CT molecular complexity index is 189. The predicted molar refractivity (Wildman–Crippen MR) is 84.2 cm³/mol. The monoisotopic (exact) mass is 280 g/mol. The molecule has 0 fully saturated rings. The van der Waals surface area contributed by atoms with Crippen molar-refractivity contribution in [2.45, 2.75) is 0 Å². The second kappa shape index (κ2) is 57.7. The van der Waals surface area contributed by atoms with E-state index in [0.717, 1.165) is 6.26 Å². The molecule has 1 N–H and O–H groups in total. The van der Waals surface area contributed by atoms with E-state index in [1.54, 1.807) is 0 Å². The maximum absolute atomic E-state index is 10.1. The van der Waals surface area contributed by atoms with Gasteiger partial charge in [0.2, 0.25) is 0 Å². The van der Waals surface area contributed by atoms with Crippen LogP contribution in [0, 0.1) is 0 Å². The molecule has 0 aliphatic carbocycles. The van der Waals surface area contributed by atoms with Crippen LogP contribution < -0.4 is 0 Å². The predicted octanol–water partition coefficient (Wildman–Crippen LogP) is 2.97. The van der Waals surface area contributed by atoms with E-state index in [4.69, 9.17) is 5.11 Å². The van der Waals surface area contributed by atoms with Crippen LogP contribution in [0.1, 0.15) is 0 Å². The zero-order valence-electron chi connectivity index (χ0n) is 11.6. The van der Waals surface area contributed by atoms with Crippen LogP contribution in [-0.2, 0) is 14.3 Å². The standard InChI is InChI=1S/C3H8O4S.5C2H4/c1-8(5,6)7-3-2-4;5*1-2/h4H,2-3H2,1H3;5*1-2H2. The molecule has 0 atom stereocenters. The lowest BCUT2D eigenvalue weighted by Gasteiger charge is -1.93. The summed E-state index contributed by atoms with van der Waals surface area (Å²) in [4.78, 5) is 0. The highest BCUT2D eigenvalue weighted by Crippen LogP contribution is 1.82. The van der Waals surface area contributed by atoms with Crippen LogP contribution in [0.2, 0.25) is 0 Å². The molecule has 0 unspecified atom stereocenters. The highest BCUT2D eigenvalue weighted by atomic mass is 32.2. The van der Waals surface area contributed by atoms with Gasteiger partial charge in [-0.15, -0.1) is 65.8 Å². The molecule has 0 aromatic rings. The average molecular weight is 280 g/mol. The van der Waals surface area contributed by atoms with Gasteiger partial charge in [-0.05, 0) is 0 Å². The van der Waals surface area contributed by atoms with Crippen LogP contribution in [0.15, 0.2) is 65.8 Å². The second-order valence-corrected chi connectivity index (χ2v) is 2.89. The van der Waals surface area contributed by atoms with Gasteiger partial charge in [0.25, 0.3) is 10.1 Å². The quantitative estimate of drug-likeness (QED) is 0.637. The van der Waals surface area contributed by atoms with Crippen molar-refractivity contribution in [2.24, 2.45) is 0 Å². The first-order valence-corrected chi connectivity index (χ1v) is 6.33. The van der Waals surface area contributed by atoms with Crippen molar-refractivity contribution in [2.75, 3.05) is 19.5 Å². The van der Waals surface area contributed by atoms with Gasteiger partial charge in [0.05, 0.1) is 19.5 Å². The summed E-state index contributed by atoms with van der Waals surface area (Å²) >= 11 is 0. The van der Waals surface area contributed by atoms with Gasteiger partial charge in [-0.25, -0.2) is 0 Å². The van der Waals surface area contributed by atoms with E-state index in [1.165, 1.54) is 0 Å².